The van der Waals surface area contributed by atoms with E-state index in [2.05, 4.69) is 5.43 Å². The highest BCUT2D eigenvalue weighted by Gasteiger charge is 2.33. The van der Waals surface area contributed by atoms with Gasteiger partial charge in [0.15, 0.2) is 4.32 Å². The number of amides is 2. The molecule has 0 bridgehead atoms. The Labute approximate surface area is 208 Å². The summed E-state index contributed by atoms with van der Waals surface area (Å²) in [6.07, 6.45) is 3.75. The molecule has 1 heterocycles. The summed E-state index contributed by atoms with van der Waals surface area (Å²) in [6, 6.07) is 26.4. The van der Waals surface area contributed by atoms with E-state index in [9.17, 15) is 9.59 Å². The van der Waals surface area contributed by atoms with Crippen molar-refractivity contribution < 1.29 is 14.3 Å². The number of hydrazine groups is 1. The van der Waals surface area contributed by atoms with Gasteiger partial charge in [0.1, 0.15) is 12.4 Å². The SMILES string of the molecule is CC(=C\c1ccccc1)/C=C1/SC(=S)N(NC(=O)c2ccc(OCc3ccccc3)cc2)C1=O. The number of benzene rings is 3. The fourth-order valence-corrected chi connectivity index (χ4v) is 4.46. The van der Waals surface area contributed by atoms with Crippen molar-refractivity contribution in [3.63, 3.8) is 0 Å². The number of nitrogens with zero attached hydrogens (tertiary/aromatic N) is 1. The first-order valence-electron chi connectivity index (χ1n) is 10.6. The molecule has 5 nitrogen and oxygen atoms in total. The molecule has 1 fully saturated rings. The largest absolute Gasteiger partial charge is 0.489 e. The van der Waals surface area contributed by atoms with E-state index in [-0.39, 0.29) is 10.2 Å². The van der Waals surface area contributed by atoms with Gasteiger partial charge in [0.2, 0.25) is 0 Å². The maximum atomic E-state index is 12.8. The molecule has 1 aliphatic heterocycles. The highest BCUT2D eigenvalue weighted by atomic mass is 32.2. The fourth-order valence-electron chi connectivity index (χ4n) is 3.23. The topological polar surface area (TPSA) is 58.6 Å². The van der Waals surface area contributed by atoms with Gasteiger partial charge in [-0.2, -0.15) is 5.01 Å². The smallest absolute Gasteiger partial charge is 0.285 e. The molecule has 0 radical (unpaired) electrons. The van der Waals surface area contributed by atoms with E-state index < -0.39 is 5.91 Å². The number of rotatable bonds is 7. The molecule has 4 rings (SSSR count). The van der Waals surface area contributed by atoms with E-state index in [1.165, 1.54) is 0 Å². The van der Waals surface area contributed by atoms with Crippen LogP contribution in [0.25, 0.3) is 6.08 Å². The number of ether oxygens (including phenoxy) is 1. The normalized spacial score (nSPS) is 15.0. The van der Waals surface area contributed by atoms with Crippen molar-refractivity contribution in [1.82, 2.24) is 10.4 Å². The van der Waals surface area contributed by atoms with Gasteiger partial charge in [-0.25, -0.2) is 0 Å². The lowest BCUT2D eigenvalue weighted by molar-refractivity contribution is -0.123. The summed E-state index contributed by atoms with van der Waals surface area (Å²) < 4.78 is 6.03. The van der Waals surface area contributed by atoms with E-state index in [0.717, 1.165) is 33.5 Å². The molecule has 0 unspecified atom stereocenters. The van der Waals surface area contributed by atoms with Crippen LogP contribution in [0.5, 0.6) is 5.75 Å². The lowest BCUT2D eigenvalue weighted by Crippen LogP contribution is -2.44. The summed E-state index contributed by atoms with van der Waals surface area (Å²) in [5, 5.41) is 1.11. The number of hydrogen-bond acceptors (Lipinski definition) is 5. The number of thioether (sulfide) groups is 1. The molecule has 1 N–H and O–H groups in total. The predicted molar refractivity (Wildman–Crippen MR) is 140 cm³/mol. The Balaban J connectivity index is 1.37. The van der Waals surface area contributed by atoms with E-state index in [1.807, 2.05) is 73.7 Å². The minimum absolute atomic E-state index is 0.278. The van der Waals surface area contributed by atoms with Crippen molar-refractivity contribution in [2.45, 2.75) is 13.5 Å². The van der Waals surface area contributed by atoms with Gasteiger partial charge in [-0.15, -0.1) is 0 Å². The molecule has 1 aliphatic rings. The number of carbonyl (C=O) groups is 2. The maximum Gasteiger partial charge on any atom is 0.285 e. The first-order chi connectivity index (χ1) is 16.5. The Morgan fingerprint density at radius 3 is 2.32 bits per heavy atom. The highest BCUT2D eigenvalue weighted by molar-refractivity contribution is 8.26. The molecule has 7 heteroatoms. The van der Waals surface area contributed by atoms with Crippen LogP contribution in [0.3, 0.4) is 0 Å². The average molecular weight is 487 g/mol. The minimum Gasteiger partial charge on any atom is -0.489 e. The summed E-state index contributed by atoms with van der Waals surface area (Å²) >= 11 is 6.48. The molecule has 0 aliphatic carbocycles. The molecule has 34 heavy (non-hydrogen) atoms. The molecule has 0 saturated carbocycles. The molecular formula is C27H22N2O3S2. The highest BCUT2D eigenvalue weighted by Crippen LogP contribution is 2.31. The first kappa shape index (κ1) is 23.5. The lowest BCUT2D eigenvalue weighted by Gasteiger charge is -2.15. The average Bonchev–Trinajstić information content (AvgIpc) is 3.11. The number of thiocarbonyl (C=S) groups is 1. The maximum absolute atomic E-state index is 12.8. The zero-order chi connectivity index (χ0) is 23.9. The Hall–Kier alpha value is -3.68. The molecule has 1 saturated heterocycles. The number of carbonyl (C=O) groups excluding carboxylic acids is 2. The Kier molecular flexibility index (Phi) is 7.57. The summed E-state index contributed by atoms with van der Waals surface area (Å²) in [5.74, 6) is -0.134. The van der Waals surface area contributed by atoms with Crippen molar-refractivity contribution in [3.8, 4) is 5.75 Å². The molecule has 0 atom stereocenters. The van der Waals surface area contributed by atoms with E-state index in [1.54, 1.807) is 30.3 Å². The van der Waals surface area contributed by atoms with Gasteiger partial charge in [0.05, 0.1) is 4.91 Å². The van der Waals surface area contributed by atoms with Gasteiger partial charge in [0.25, 0.3) is 11.8 Å². The third-order valence-electron chi connectivity index (χ3n) is 4.92. The van der Waals surface area contributed by atoms with Crippen LogP contribution >= 0.6 is 24.0 Å². The van der Waals surface area contributed by atoms with Gasteiger partial charge in [-0.1, -0.05) is 78.5 Å². The van der Waals surface area contributed by atoms with Gasteiger partial charge in [-0.3, -0.25) is 15.0 Å². The summed E-state index contributed by atoms with van der Waals surface area (Å²) in [4.78, 5) is 26.0. The second-order valence-corrected chi connectivity index (χ2v) is 9.23. The molecular weight excluding hydrogens is 464 g/mol. The van der Waals surface area contributed by atoms with Crippen LogP contribution in [-0.4, -0.2) is 21.1 Å². The predicted octanol–water partition coefficient (Wildman–Crippen LogP) is 5.76. The van der Waals surface area contributed by atoms with Crippen molar-refractivity contribution in [2.75, 3.05) is 0 Å². The van der Waals surface area contributed by atoms with Crippen molar-refractivity contribution in [2.24, 2.45) is 0 Å². The Bertz CT molecular complexity index is 1250. The first-order valence-corrected chi connectivity index (χ1v) is 11.8. The third kappa shape index (κ3) is 6.01. The van der Waals surface area contributed by atoms with Gasteiger partial charge < -0.3 is 4.74 Å². The van der Waals surface area contributed by atoms with Gasteiger partial charge in [0, 0.05) is 5.56 Å². The van der Waals surface area contributed by atoms with Gasteiger partial charge >= 0.3 is 0 Å². The second kappa shape index (κ2) is 11.0. The Morgan fingerprint density at radius 2 is 1.65 bits per heavy atom. The summed E-state index contributed by atoms with van der Waals surface area (Å²) in [6.45, 7) is 2.35. The van der Waals surface area contributed by atoms with Crippen LogP contribution in [0.4, 0.5) is 0 Å². The quantitative estimate of drug-likeness (QED) is 0.340. The Morgan fingerprint density at radius 1 is 1.00 bits per heavy atom. The number of nitrogens with one attached hydrogen (secondary N) is 1. The zero-order valence-corrected chi connectivity index (χ0v) is 20.1. The minimum atomic E-state index is -0.427. The van der Waals surface area contributed by atoms with Crippen LogP contribution in [-0.2, 0) is 11.4 Å². The van der Waals surface area contributed by atoms with Crippen LogP contribution < -0.4 is 10.2 Å². The van der Waals surface area contributed by atoms with Gasteiger partial charge in [-0.05, 0) is 66.2 Å². The van der Waals surface area contributed by atoms with Crippen LogP contribution in [0.15, 0.2) is 101 Å². The third-order valence-corrected chi connectivity index (χ3v) is 6.23. The molecule has 170 valence electrons. The van der Waals surface area contributed by atoms with Crippen LogP contribution in [0.1, 0.15) is 28.4 Å². The van der Waals surface area contributed by atoms with E-state index in [0.29, 0.717) is 22.8 Å². The van der Waals surface area contributed by atoms with Crippen molar-refractivity contribution in [1.29, 1.82) is 0 Å². The van der Waals surface area contributed by atoms with Crippen LogP contribution in [0.2, 0.25) is 0 Å². The summed E-state index contributed by atoms with van der Waals surface area (Å²) in [7, 11) is 0. The zero-order valence-electron chi connectivity index (χ0n) is 18.4. The molecule has 0 spiro atoms. The lowest BCUT2D eigenvalue weighted by atomic mass is 10.1. The monoisotopic (exact) mass is 486 g/mol. The van der Waals surface area contributed by atoms with Crippen LogP contribution in [0, 0.1) is 0 Å². The second-order valence-electron chi connectivity index (χ2n) is 7.56. The fraction of sp³-hybridized carbons (Fsp3) is 0.0741. The van der Waals surface area contributed by atoms with E-state index >= 15 is 0 Å². The number of allylic oxidation sites excluding steroid dienone is 2. The van der Waals surface area contributed by atoms with Crippen molar-refractivity contribution >= 4 is 46.2 Å². The molecule has 2 amide bonds. The molecule has 3 aromatic rings. The summed E-state index contributed by atoms with van der Waals surface area (Å²) in [5.41, 5.74) is 6.00. The number of hydrogen-bond donors (Lipinski definition) is 1. The standard InChI is InChI=1S/C27H22N2O3S2/c1-19(16-20-8-4-2-5-9-20)17-24-26(31)29(27(33)34-24)28-25(30)22-12-14-23(15-13-22)32-18-21-10-6-3-7-11-21/h2-17H,18H2,1H3,(H,28,30)/b19-16+,24-17+. The molecule has 3 aromatic carbocycles. The molecule has 0 aromatic heterocycles. The van der Waals surface area contributed by atoms with Crippen molar-refractivity contribution in [3.05, 3.63) is 118 Å². The van der Waals surface area contributed by atoms with E-state index in [4.69, 9.17) is 17.0 Å².